The molecule has 15 heavy (non-hydrogen) atoms. The first-order valence-corrected chi connectivity index (χ1v) is 6.37. The molecule has 0 heterocycles. The highest BCUT2D eigenvalue weighted by Crippen LogP contribution is 2.56. The van der Waals surface area contributed by atoms with Crippen LogP contribution in [0.15, 0.2) is 11.1 Å². The molecule has 2 fully saturated rings. The maximum Gasteiger partial charge on any atom is 0.0282 e. The summed E-state index contributed by atoms with van der Waals surface area (Å²) in [6.45, 7) is 1.21. The Labute approximate surface area is 92.5 Å². The van der Waals surface area contributed by atoms with Gasteiger partial charge >= 0.3 is 0 Å². The van der Waals surface area contributed by atoms with Crippen molar-refractivity contribution in [1.29, 1.82) is 0 Å². The highest BCUT2D eigenvalue weighted by atomic mass is 14.9. The third-order valence-corrected chi connectivity index (χ3v) is 4.81. The molecule has 3 aliphatic rings. The minimum Gasteiger partial charge on any atom is -0.319 e. The van der Waals surface area contributed by atoms with E-state index in [9.17, 15) is 0 Å². The molecular weight excluding hydrogens is 184 g/mol. The summed E-state index contributed by atoms with van der Waals surface area (Å²) in [6, 6.07) is 0.731. The minimum absolute atomic E-state index is 0.731. The molecule has 2 heteroatoms. The van der Waals surface area contributed by atoms with Crippen LogP contribution in [0.4, 0.5) is 0 Å². The molecule has 4 unspecified atom stereocenters. The van der Waals surface area contributed by atoms with Gasteiger partial charge in [-0.15, -0.1) is 0 Å². The SMILES string of the molecule is CNCC1CC2=C3CC(CC3NC)C2C1. The first-order chi connectivity index (χ1) is 7.33. The number of likely N-dealkylation sites (N-methyl/N-ethyl adjacent to an activating group) is 1. The highest BCUT2D eigenvalue weighted by Gasteiger charge is 2.47. The van der Waals surface area contributed by atoms with E-state index in [-0.39, 0.29) is 0 Å². The lowest BCUT2D eigenvalue weighted by atomic mass is 9.86. The molecule has 0 radical (unpaired) electrons. The van der Waals surface area contributed by atoms with Crippen molar-refractivity contribution >= 4 is 0 Å². The first-order valence-electron chi connectivity index (χ1n) is 6.37. The molecule has 2 nitrogen and oxygen atoms in total. The smallest absolute Gasteiger partial charge is 0.0282 e. The van der Waals surface area contributed by atoms with Crippen molar-refractivity contribution in [3.63, 3.8) is 0 Å². The third kappa shape index (κ3) is 1.38. The fraction of sp³-hybridized carbons (Fsp3) is 0.846. The average Bonchev–Trinajstić information content (AvgIpc) is 2.85. The Morgan fingerprint density at radius 1 is 1.13 bits per heavy atom. The summed E-state index contributed by atoms with van der Waals surface area (Å²) in [6.07, 6.45) is 5.67. The summed E-state index contributed by atoms with van der Waals surface area (Å²) < 4.78 is 0. The molecule has 0 saturated heterocycles. The van der Waals surface area contributed by atoms with Gasteiger partial charge in [0.15, 0.2) is 0 Å². The van der Waals surface area contributed by atoms with Crippen LogP contribution < -0.4 is 10.6 Å². The maximum atomic E-state index is 3.48. The summed E-state index contributed by atoms with van der Waals surface area (Å²) in [5, 5.41) is 6.82. The summed E-state index contributed by atoms with van der Waals surface area (Å²) >= 11 is 0. The quantitative estimate of drug-likeness (QED) is 0.685. The number of rotatable bonds is 3. The Bertz CT molecular complexity index is 295. The molecule has 2 saturated carbocycles. The van der Waals surface area contributed by atoms with E-state index < -0.39 is 0 Å². The zero-order valence-corrected chi connectivity index (χ0v) is 9.84. The van der Waals surface area contributed by atoms with Crippen LogP contribution in [-0.4, -0.2) is 26.7 Å². The number of hydrogen-bond acceptors (Lipinski definition) is 2. The zero-order valence-electron chi connectivity index (χ0n) is 9.84. The van der Waals surface area contributed by atoms with Gasteiger partial charge in [0.05, 0.1) is 0 Å². The van der Waals surface area contributed by atoms with Gasteiger partial charge < -0.3 is 10.6 Å². The first kappa shape index (κ1) is 9.86. The molecule has 2 N–H and O–H groups in total. The molecule has 0 amide bonds. The second-order valence-electron chi connectivity index (χ2n) is 5.56. The fourth-order valence-corrected chi connectivity index (χ4v) is 4.24. The van der Waals surface area contributed by atoms with Crippen LogP contribution in [-0.2, 0) is 0 Å². The van der Waals surface area contributed by atoms with Crippen molar-refractivity contribution in [3.05, 3.63) is 11.1 Å². The molecule has 0 aromatic carbocycles. The van der Waals surface area contributed by atoms with Gasteiger partial charge in [-0.2, -0.15) is 0 Å². The van der Waals surface area contributed by atoms with E-state index in [4.69, 9.17) is 0 Å². The maximum absolute atomic E-state index is 3.48. The Hall–Kier alpha value is -0.340. The van der Waals surface area contributed by atoms with E-state index in [1.165, 1.54) is 32.2 Å². The Kier molecular flexibility index (Phi) is 2.37. The van der Waals surface area contributed by atoms with Gasteiger partial charge in [0.2, 0.25) is 0 Å². The zero-order chi connectivity index (χ0) is 10.4. The molecule has 0 aromatic rings. The van der Waals surface area contributed by atoms with Crippen LogP contribution in [0.25, 0.3) is 0 Å². The number of fused-ring (bicyclic) bond motifs is 4. The Balaban J connectivity index is 1.80. The minimum atomic E-state index is 0.731. The number of nitrogens with one attached hydrogen (secondary N) is 2. The van der Waals surface area contributed by atoms with E-state index in [2.05, 4.69) is 24.7 Å². The van der Waals surface area contributed by atoms with Crippen LogP contribution in [0, 0.1) is 17.8 Å². The monoisotopic (exact) mass is 206 g/mol. The third-order valence-electron chi connectivity index (χ3n) is 4.81. The lowest BCUT2D eigenvalue weighted by Crippen LogP contribution is -2.28. The van der Waals surface area contributed by atoms with E-state index in [0.29, 0.717) is 0 Å². The normalized spacial score (nSPS) is 42.8. The van der Waals surface area contributed by atoms with Crippen LogP contribution in [0.5, 0.6) is 0 Å². The molecular formula is C13H22N2. The van der Waals surface area contributed by atoms with E-state index >= 15 is 0 Å². The topological polar surface area (TPSA) is 24.1 Å². The van der Waals surface area contributed by atoms with Gasteiger partial charge in [-0.25, -0.2) is 0 Å². The largest absolute Gasteiger partial charge is 0.319 e. The van der Waals surface area contributed by atoms with Crippen LogP contribution in [0.2, 0.25) is 0 Å². The van der Waals surface area contributed by atoms with Gasteiger partial charge in [0.1, 0.15) is 0 Å². The lowest BCUT2D eigenvalue weighted by Gasteiger charge is -2.23. The molecule has 4 atom stereocenters. The number of hydrogen-bond donors (Lipinski definition) is 2. The van der Waals surface area contributed by atoms with Crippen molar-refractivity contribution in [2.75, 3.05) is 20.6 Å². The molecule has 0 aliphatic heterocycles. The summed E-state index contributed by atoms with van der Waals surface area (Å²) in [7, 11) is 4.20. The van der Waals surface area contributed by atoms with Crippen molar-refractivity contribution in [2.45, 2.75) is 31.7 Å². The van der Waals surface area contributed by atoms with Crippen molar-refractivity contribution in [2.24, 2.45) is 17.8 Å². The molecule has 3 aliphatic carbocycles. The van der Waals surface area contributed by atoms with Gasteiger partial charge in [-0.3, -0.25) is 0 Å². The second kappa shape index (κ2) is 3.60. The van der Waals surface area contributed by atoms with E-state index in [1.54, 1.807) is 5.57 Å². The Morgan fingerprint density at radius 3 is 2.73 bits per heavy atom. The van der Waals surface area contributed by atoms with Gasteiger partial charge in [0.25, 0.3) is 0 Å². The molecule has 3 rings (SSSR count). The van der Waals surface area contributed by atoms with Crippen LogP contribution in [0.1, 0.15) is 25.7 Å². The molecule has 0 spiro atoms. The van der Waals surface area contributed by atoms with Gasteiger partial charge in [0, 0.05) is 6.04 Å². The van der Waals surface area contributed by atoms with E-state index in [0.717, 1.165) is 23.8 Å². The standard InChI is InChI=1S/C13H22N2/c1-14-7-8-3-10-9-5-12(11(10)4-8)13(6-9)15-2/h8-10,13-15H,3-7H2,1-2H3. The predicted molar refractivity (Wildman–Crippen MR) is 62.7 cm³/mol. The predicted octanol–water partition coefficient (Wildman–Crippen LogP) is 1.54. The van der Waals surface area contributed by atoms with Gasteiger partial charge in [-0.05, 0) is 64.1 Å². The Morgan fingerprint density at radius 2 is 2.00 bits per heavy atom. The lowest BCUT2D eigenvalue weighted by molar-refractivity contribution is 0.360. The van der Waals surface area contributed by atoms with Crippen molar-refractivity contribution in [1.82, 2.24) is 10.6 Å². The van der Waals surface area contributed by atoms with Crippen molar-refractivity contribution < 1.29 is 0 Å². The summed E-state index contributed by atoms with van der Waals surface area (Å²) in [4.78, 5) is 0. The second-order valence-corrected chi connectivity index (χ2v) is 5.56. The van der Waals surface area contributed by atoms with Crippen LogP contribution in [0.3, 0.4) is 0 Å². The van der Waals surface area contributed by atoms with E-state index in [1.807, 2.05) is 5.57 Å². The number of allylic oxidation sites excluding steroid dienone is 1. The molecule has 0 aromatic heterocycles. The molecule has 84 valence electrons. The highest BCUT2D eigenvalue weighted by molar-refractivity contribution is 5.36. The average molecular weight is 206 g/mol. The van der Waals surface area contributed by atoms with Crippen LogP contribution >= 0.6 is 0 Å². The van der Waals surface area contributed by atoms with Gasteiger partial charge in [-0.1, -0.05) is 11.1 Å². The van der Waals surface area contributed by atoms with Crippen molar-refractivity contribution in [3.8, 4) is 0 Å². The summed E-state index contributed by atoms with van der Waals surface area (Å²) in [5.41, 5.74) is 3.65. The molecule has 2 bridgehead atoms. The summed E-state index contributed by atoms with van der Waals surface area (Å²) in [5.74, 6) is 2.89. The fourth-order valence-electron chi connectivity index (χ4n) is 4.24.